The van der Waals surface area contributed by atoms with Crippen LogP contribution in [-0.2, 0) is 11.2 Å². The number of hydrazone groups is 1. The molecule has 2 heterocycles. The standard InChI is InChI=1S/C18H15N3OS/c1-12-14(11-13-7-3-2-4-8-13)17(22)21(20-12)18-19-15-9-5-6-10-16(15)23-18/h2-10,14H,11H2,1H3. The average Bonchev–Trinajstić information content (AvgIpc) is 3.12. The summed E-state index contributed by atoms with van der Waals surface area (Å²) in [6, 6.07) is 17.9. The summed E-state index contributed by atoms with van der Waals surface area (Å²) in [5, 5.41) is 6.57. The smallest absolute Gasteiger partial charge is 0.258 e. The number of nitrogens with zero attached hydrogens (tertiary/aromatic N) is 3. The quantitative estimate of drug-likeness (QED) is 0.735. The molecule has 0 radical (unpaired) electrons. The molecule has 1 aliphatic heterocycles. The zero-order valence-electron chi connectivity index (χ0n) is 12.6. The summed E-state index contributed by atoms with van der Waals surface area (Å²) in [5.41, 5.74) is 2.89. The van der Waals surface area contributed by atoms with E-state index in [-0.39, 0.29) is 11.8 Å². The van der Waals surface area contributed by atoms with E-state index in [1.165, 1.54) is 16.3 Å². The highest BCUT2D eigenvalue weighted by Crippen LogP contribution is 2.32. The number of hydrogen-bond donors (Lipinski definition) is 0. The number of anilines is 1. The molecule has 1 atom stereocenters. The highest BCUT2D eigenvalue weighted by molar-refractivity contribution is 7.22. The monoisotopic (exact) mass is 321 g/mol. The second-order valence-electron chi connectivity index (χ2n) is 5.60. The van der Waals surface area contributed by atoms with Crippen LogP contribution in [0.1, 0.15) is 12.5 Å². The molecule has 0 bridgehead atoms. The Labute approximate surface area is 138 Å². The van der Waals surface area contributed by atoms with Gasteiger partial charge in [0, 0.05) is 5.71 Å². The van der Waals surface area contributed by atoms with E-state index in [0.29, 0.717) is 11.6 Å². The molecule has 1 unspecified atom stereocenters. The van der Waals surface area contributed by atoms with E-state index < -0.39 is 0 Å². The number of aromatic nitrogens is 1. The summed E-state index contributed by atoms with van der Waals surface area (Å²) in [6.45, 7) is 1.92. The van der Waals surface area contributed by atoms with Crippen molar-refractivity contribution >= 4 is 38.3 Å². The molecule has 2 aromatic carbocycles. The minimum Gasteiger partial charge on any atom is -0.272 e. The van der Waals surface area contributed by atoms with E-state index in [1.54, 1.807) is 0 Å². The van der Waals surface area contributed by atoms with Gasteiger partial charge in [0.25, 0.3) is 5.91 Å². The average molecular weight is 321 g/mol. The number of amides is 1. The summed E-state index contributed by atoms with van der Waals surface area (Å²) >= 11 is 1.50. The zero-order valence-corrected chi connectivity index (χ0v) is 13.5. The highest BCUT2D eigenvalue weighted by atomic mass is 32.1. The molecule has 0 spiro atoms. The van der Waals surface area contributed by atoms with Crippen LogP contribution in [0.15, 0.2) is 59.7 Å². The normalized spacial score (nSPS) is 17.8. The van der Waals surface area contributed by atoms with Gasteiger partial charge >= 0.3 is 0 Å². The number of hydrogen-bond acceptors (Lipinski definition) is 4. The molecule has 1 aliphatic rings. The van der Waals surface area contributed by atoms with Gasteiger partial charge in [0.2, 0.25) is 5.13 Å². The molecule has 3 aromatic rings. The van der Waals surface area contributed by atoms with Crippen LogP contribution in [0, 0.1) is 5.92 Å². The molecule has 5 heteroatoms. The molecule has 0 saturated carbocycles. The van der Waals surface area contributed by atoms with Crippen molar-refractivity contribution in [1.29, 1.82) is 0 Å². The number of thiazole rings is 1. The van der Waals surface area contributed by atoms with Gasteiger partial charge in [-0.25, -0.2) is 4.98 Å². The van der Waals surface area contributed by atoms with Gasteiger partial charge in [-0.2, -0.15) is 10.1 Å². The summed E-state index contributed by atoms with van der Waals surface area (Å²) < 4.78 is 1.06. The lowest BCUT2D eigenvalue weighted by atomic mass is 9.95. The fraction of sp³-hybridized carbons (Fsp3) is 0.167. The van der Waals surface area contributed by atoms with Crippen molar-refractivity contribution in [2.24, 2.45) is 11.0 Å². The van der Waals surface area contributed by atoms with Crippen molar-refractivity contribution in [3.05, 3.63) is 60.2 Å². The largest absolute Gasteiger partial charge is 0.272 e. The lowest BCUT2D eigenvalue weighted by Crippen LogP contribution is -2.28. The lowest BCUT2D eigenvalue weighted by Gasteiger charge is -2.11. The SMILES string of the molecule is CC1=NN(c2nc3ccccc3s2)C(=O)C1Cc1ccccc1. The van der Waals surface area contributed by atoms with E-state index in [9.17, 15) is 4.79 Å². The maximum atomic E-state index is 12.8. The molecule has 0 saturated heterocycles. The maximum Gasteiger partial charge on any atom is 0.258 e. The maximum absolute atomic E-state index is 12.8. The van der Waals surface area contributed by atoms with Gasteiger partial charge in [-0.05, 0) is 31.0 Å². The van der Waals surface area contributed by atoms with Gasteiger partial charge in [0.05, 0.1) is 16.1 Å². The van der Waals surface area contributed by atoms with Crippen LogP contribution in [0.4, 0.5) is 5.13 Å². The number of para-hydroxylation sites is 1. The molecule has 1 amide bonds. The Bertz CT molecular complexity index is 868. The lowest BCUT2D eigenvalue weighted by molar-refractivity contribution is -0.119. The summed E-state index contributed by atoms with van der Waals surface area (Å²) in [7, 11) is 0. The summed E-state index contributed by atoms with van der Waals surface area (Å²) in [6.07, 6.45) is 0.677. The number of carbonyl (C=O) groups excluding carboxylic acids is 1. The first-order valence-electron chi connectivity index (χ1n) is 7.51. The van der Waals surface area contributed by atoms with E-state index >= 15 is 0 Å². The van der Waals surface area contributed by atoms with Crippen LogP contribution in [0.25, 0.3) is 10.2 Å². The predicted molar refractivity (Wildman–Crippen MR) is 93.9 cm³/mol. The Hall–Kier alpha value is -2.53. The number of benzene rings is 2. The third-order valence-electron chi connectivity index (χ3n) is 4.02. The Balaban J connectivity index is 1.63. The topological polar surface area (TPSA) is 45.6 Å². The third kappa shape index (κ3) is 2.53. The van der Waals surface area contributed by atoms with Gasteiger partial charge in [0.1, 0.15) is 0 Å². The van der Waals surface area contributed by atoms with Crippen LogP contribution >= 0.6 is 11.3 Å². The molecule has 4 rings (SSSR count). The highest BCUT2D eigenvalue weighted by Gasteiger charge is 2.35. The van der Waals surface area contributed by atoms with Crippen molar-refractivity contribution in [2.75, 3.05) is 5.01 Å². The molecule has 0 fully saturated rings. The summed E-state index contributed by atoms with van der Waals surface area (Å²) in [5.74, 6) is -0.199. The minimum atomic E-state index is -0.204. The molecule has 0 aliphatic carbocycles. The third-order valence-corrected chi connectivity index (χ3v) is 5.03. The van der Waals surface area contributed by atoms with Gasteiger partial charge in [-0.3, -0.25) is 4.79 Å². The van der Waals surface area contributed by atoms with Crippen molar-refractivity contribution in [2.45, 2.75) is 13.3 Å². The number of carbonyl (C=O) groups is 1. The Kier molecular flexibility index (Phi) is 3.42. The van der Waals surface area contributed by atoms with Crippen molar-refractivity contribution in [3.8, 4) is 0 Å². The first-order valence-corrected chi connectivity index (χ1v) is 8.32. The predicted octanol–water partition coefficient (Wildman–Crippen LogP) is 3.88. The van der Waals surface area contributed by atoms with E-state index in [1.807, 2.05) is 61.5 Å². The van der Waals surface area contributed by atoms with E-state index in [0.717, 1.165) is 21.5 Å². The van der Waals surface area contributed by atoms with Crippen LogP contribution in [-0.4, -0.2) is 16.6 Å². The van der Waals surface area contributed by atoms with Crippen molar-refractivity contribution < 1.29 is 4.79 Å². The molecular weight excluding hydrogens is 306 g/mol. The zero-order chi connectivity index (χ0) is 15.8. The first-order chi connectivity index (χ1) is 11.2. The van der Waals surface area contributed by atoms with Gasteiger partial charge in [-0.1, -0.05) is 53.8 Å². The Morgan fingerprint density at radius 2 is 1.83 bits per heavy atom. The Morgan fingerprint density at radius 3 is 2.61 bits per heavy atom. The van der Waals surface area contributed by atoms with Crippen LogP contribution < -0.4 is 5.01 Å². The van der Waals surface area contributed by atoms with E-state index in [2.05, 4.69) is 10.1 Å². The second-order valence-corrected chi connectivity index (χ2v) is 6.61. The van der Waals surface area contributed by atoms with Crippen molar-refractivity contribution in [1.82, 2.24) is 4.98 Å². The van der Waals surface area contributed by atoms with Crippen molar-refractivity contribution in [3.63, 3.8) is 0 Å². The minimum absolute atomic E-state index is 0.00501. The molecular formula is C18H15N3OS. The molecule has 4 nitrogen and oxygen atoms in total. The van der Waals surface area contributed by atoms with Gasteiger partial charge < -0.3 is 0 Å². The number of rotatable bonds is 3. The molecule has 114 valence electrons. The van der Waals surface area contributed by atoms with Crippen LogP contribution in [0.2, 0.25) is 0 Å². The first kappa shape index (κ1) is 14.1. The molecule has 1 aromatic heterocycles. The van der Waals surface area contributed by atoms with E-state index in [4.69, 9.17) is 0 Å². The molecule has 0 N–H and O–H groups in total. The van der Waals surface area contributed by atoms with Gasteiger partial charge in [0.15, 0.2) is 0 Å². The summed E-state index contributed by atoms with van der Waals surface area (Å²) in [4.78, 5) is 17.3. The van der Waals surface area contributed by atoms with Crippen LogP contribution in [0.5, 0.6) is 0 Å². The molecule has 23 heavy (non-hydrogen) atoms. The fourth-order valence-electron chi connectivity index (χ4n) is 2.78. The Morgan fingerprint density at radius 1 is 1.09 bits per heavy atom. The van der Waals surface area contributed by atoms with Gasteiger partial charge in [-0.15, -0.1) is 0 Å². The second kappa shape index (κ2) is 5.59. The number of fused-ring (bicyclic) bond motifs is 1. The fourth-order valence-corrected chi connectivity index (χ4v) is 3.70. The van der Waals surface area contributed by atoms with Crippen LogP contribution in [0.3, 0.4) is 0 Å².